The minimum Gasteiger partial charge on any atom is -0.508 e. The van der Waals surface area contributed by atoms with E-state index in [0.29, 0.717) is 22.0 Å². The molecule has 7 N–H and O–H groups in total. The zero-order chi connectivity index (χ0) is 34.8. The van der Waals surface area contributed by atoms with Gasteiger partial charge >= 0.3 is 0 Å². The Balaban J connectivity index is -0.000000220. The highest BCUT2D eigenvalue weighted by molar-refractivity contribution is 5.26. The number of nitrogens with two attached hydrogens (primary N) is 2. The van der Waals surface area contributed by atoms with Gasteiger partial charge in [0.1, 0.15) is 5.75 Å². The van der Waals surface area contributed by atoms with Gasteiger partial charge in [0.2, 0.25) is 0 Å². The lowest BCUT2D eigenvalue weighted by Crippen LogP contribution is -2.21. The Morgan fingerprint density at radius 2 is 1.05 bits per heavy atom. The second-order valence-corrected chi connectivity index (χ2v) is 17.3. The van der Waals surface area contributed by atoms with Gasteiger partial charge in [0.25, 0.3) is 0 Å². The number of phenolic OH excluding ortho intramolecular Hbond substituents is 1. The van der Waals surface area contributed by atoms with Gasteiger partial charge < -0.3 is 26.8 Å². The molecule has 0 amide bonds. The number of hydrogen-bond acceptors (Lipinski definition) is 5. The molecule has 0 fully saturated rings. The summed E-state index contributed by atoms with van der Waals surface area (Å²) < 4.78 is 0. The molecule has 0 heterocycles. The predicted octanol–water partition coefficient (Wildman–Crippen LogP) is 9.60. The Bertz CT molecular complexity index is 821. The lowest BCUT2D eigenvalue weighted by Gasteiger charge is -2.21. The van der Waals surface area contributed by atoms with Gasteiger partial charge in [-0.3, -0.25) is 0 Å². The van der Waals surface area contributed by atoms with E-state index in [-0.39, 0.29) is 23.5 Å². The fraction of sp³-hybridized carbons (Fsp3) is 0.730. The molecule has 5 heteroatoms. The SMILES string of the molecule is C=C(N)CC(C)(C)C.C=C(N)CCC(C)(C)C.CC(C)(C)CO.CC(C)(C)Cc1ccc(O)cc1.CC(O)C(C)(C)C. The van der Waals surface area contributed by atoms with E-state index in [9.17, 15) is 0 Å². The Kier molecular flexibility index (Phi) is 23.3. The summed E-state index contributed by atoms with van der Waals surface area (Å²) in [6.45, 7) is 41.0. The van der Waals surface area contributed by atoms with Gasteiger partial charge in [-0.25, -0.2) is 0 Å². The molecule has 1 unspecified atom stereocenters. The maximum absolute atomic E-state index is 9.05. The summed E-state index contributed by atoms with van der Waals surface area (Å²) in [6.07, 6.45) is 3.83. The summed E-state index contributed by atoms with van der Waals surface area (Å²) in [6, 6.07) is 7.42. The van der Waals surface area contributed by atoms with Crippen molar-refractivity contribution in [2.24, 2.45) is 38.5 Å². The van der Waals surface area contributed by atoms with Crippen LogP contribution in [0.4, 0.5) is 0 Å². The van der Waals surface area contributed by atoms with E-state index >= 15 is 0 Å². The third kappa shape index (κ3) is 47.8. The molecular formula is C37H74N2O3. The molecule has 5 nitrogen and oxygen atoms in total. The number of aliphatic hydroxyl groups is 2. The molecule has 0 aliphatic rings. The molecule has 0 aliphatic carbocycles. The van der Waals surface area contributed by atoms with Gasteiger partial charge in [-0.2, -0.15) is 0 Å². The first-order valence-electron chi connectivity index (χ1n) is 15.2. The summed E-state index contributed by atoms with van der Waals surface area (Å²) in [7, 11) is 0. The van der Waals surface area contributed by atoms with Crippen molar-refractivity contribution in [2.45, 2.75) is 143 Å². The third-order valence-corrected chi connectivity index (χ3v) is 5.35. The molecule has 0 radical (unpaired) electrons. The predicted molar refractivity (Wildman–Crippen MR) is 188 cm³/mol. The molecule has 0 saturated heterocycles. The zero-order valence-corrected chi connectivity index (χ0v) is 30.8. The van der Waals surface area contributed by atoms with Crippen LogP contribution in [0.2, 0.25) is 0 Å². The van der Waals surface area contributed by atoms with Crippen molar-refractivity contribution in [2.75, 3.05) is 6.61 Å². The van der Waals surface area contributed by atoms with Crippen LogP contribution in [-0.2, 0) is 6.42 Å². The van der Waals surface area contributed by atoms with E-state index < -0.39 is 0 Å². The number of aromatic hydroxyl groups is 1. The second kappa shape index (κ2) is 20.8. The lowest BCUT2D eigenvalue weighted by atomic mass is 9.88. The lowest BCUT2D eigenvalue weighted by molar-refractivity contribution is 0.0801. The zero-order valence-electron chi connectivity index (χ0n) is 30.8. The number of aliphatic hydroxyl groups excluding tert-OH is 2. The first-order valence-corrected chi connectivity index (χ1v) is 15.2. The van der Waals surface area contributed by atoms with Crippen molar-refractivity contribution in [3.63, 3.8) is 0 Å². The molecule has 1 atom stereocenters. The van der Waals surface area contributed by atoms with Crippen molar-refractivity contribution in [1.29, 1.82) is 0 Å². The third-order valence-electron chi connectivity index (χ3n) is 5.35. The van der Waals surface area contributed by atoms with Gasteiger partial charge in [-0.05, 0) is 77.4 Å². The van der Waals surface area contributed by atoms with E-state index in [1.165, 1.54) is 5.56 Å². The summed E-state index contributed by atoms with van der Waals surface area (Å²) in [5.74, 6) is 0.340. The van der Waals surface area contributed by atoms with Crippen LogP contribution in [0.3, 0.4) is 0 Å². The molecule has 1 rings (SSSR count). The van der Waals surface area contributed by atoms with E-state index in [1.807, 2.05) is 53.7 Å². The monoisotopic (exact) mass is 595 g/mol. The van der Waals surface area contributed by atoms with E-state index in [2.05, 4.69) is 75.5 Å². The van der Waals surface area contributed by atoms with E-state index in [1.54, 1.807) is 19.1 Å². The van der Waals surface area contributed by atoms with Gasteiger partial charge in [0, 0.05) is 18.0 Å². The largest absolute Gasteiger partial charge is 0.508 e. The van der Waals surface area contributed by atoms with Crippen LogP contribution in [0, 0.1) is 27.1 Å². The van der Waals surface area contributed by atoms with E-state index in [4.69, 9.17) is 26.8 Å². The van der Waals surface area contributed by atoms with Crippen LogP contribution in [0.1, 0.15) is 136 Å². The summed E-state index contributed by atoms with van der Waals surface area (Å²) in [5, 5.41) is 26.3. The quantitative estimate of drug-likeness (QED) is 0.238. The fourth-order valence-electron chi connectivity index (χ4n) is 2.44. The summed E-state index contributed by atoms with van der Waals surface area (Å²) in [5.41, 5.74) is 14.8. The molecule has 0 bridgehead atoms. The number of allylic oxidation sites excluding steroid dienone is 2. The Labute approximate surface area is 262 Å². The van der Waals surface area contributed by atoms with Crippen LogP contribution in [0.15, 0.2) is 48.8 Å². The molecular weight excluding hydrogens is 520 g/mol. The molecule has 1 aromatic rings. The van der Waals surface area contributed by atoms with Crippen molar-refractivity contribution >= 4 is 0 Å². The average Bonchev–Trinajstić information content (AvgIpc) is 2.71. The maximum atomic E-state index is 9.05. The highest BCUT2D eigenvalue weighted by Gasteiger charge is 2.16. The molecule has 0 spiro atoms. The van der Waals surface area contributed by atoms with Crippen molar-refractivity contribution in [1.82, 2.24) is 0 Å². The fourth-order valence-corrected chi connectivity index (χ4v) is 2.44. The van der Waals surface area contributed by atoms with Crippen molar-refractivity contribution in [3.8, 4) is 5.75 Å². The smallest absolute Gasteiger partial charge is 0.115 e. The number of phenols is 1. The molecule has 0 saturated carbocycles. The molecule has 0 aliphatic heterocycles. The number of hydrogen-bond donors (Lipinski definition) is 5. The summed E-state index contributed by atoms with van der Waals surface area (Å²) in [4.78, 5) is 0. The van der Waals surface area contributed by atoms with Crippen LogP contribution in [0.5, 0.6) is 5.75 Å². The van der Waals surface area contributed by atoms with E-state index in [0.717, 1.165) is 37.1 Å². The Morgan fingerprint density at radius 1 is 0.690 bits per heavy atom. The Morgan fingerprint density at radius 3 is 1.19 bits per heavy atom. The van der Waals surface area contributed by atoms with Gasteiger partial charge in [-0.15, -0.1) is 0 Å². The normalized spacial score (nSPS) is 12.4. The van der Waals surface area contributed by atoms with Gasteiger partial charge in [0.15, 0.2) is 0 Å². The standard InChI is InChI=1S/C11H16O.C8H17N.C7H15N.C6H14O.C5H12O/c1-11(2,3)8-9-4-6-10(12)7-5-9;1-7(9)5-6-8(2,3)4;1-6(8)5-7(2,3)4;1-5(7)6(2,3)4;1-5(2,3)4-6/h4-7,12H,8H2,1-3H3;1,5-6,9H2,2-4H3;1,5,8H2,2-4H3;5,7H,1-4H3;6H,4H2,1-3H3. The first kappa shape index (κ1) is 47.0. The molecule has 42 heavy (non-hydrogen) atoms. The highest BCUT2D eigenvalue weighted by Crippen LogP contribution is 2.23. The van der Waals surface area contributed by atoms with Crippen LogP contribution in [0.25, 0.3) is 0 Å². The summed E-state index contributed by atoms with van der Waals surface area (Å²) >= 11 is 0. The van der Waals surface area contributed by atoms with Gasteiger partial charge in [-0.1, -0.05) is 129 Å². The number of rotatable bonds is 4. The molecule has 250 valence electrons. The minimum absolute atomic E-state index is 0.0556. The maximum Gasteiger partial charge on any atom is 0.115 e. The topological polar surface area (TPSA) is 113 Å². The average molecular weight is 595 g/mol. The van der Waals surface area contributed by atoms with Crippen molar-refractivity contribution in [3.05, 3.63) is 54.4 Å². The molecule has 1 aromatic carbocycles. The first-order chi connectivity index (χ1) is 18.3. The van der Waals surface area contributed by atoms with Crippen molar-refractivity contribution < 1.29 is 15.3 Å². The Hall–Kier alpha value is -1.98. The minimum atomic E-state index is -0.201. The number of benzene rings is 1. The second-order valence-electron chi connectivity index (χ2n) is 17.3. The van der Waals surface area contributed by atoms with Crippen LogP contribution < -0.4 is 11.5 Å². The van der Waals surface area contributed by atoms with Gasteiger partial charge in [0.05, 0.1) is 6.10 Å². The van der Waals surface area contributed by atoms with Crippen LogP contribution in [-0.4, -0.2) is 28.0 Å². The van der Waals surface area contributed by atoms with Crippen LogP contribution >= 0.6 is 0 Å². The highest BCUT2D eigenvalue weighted by atomic mass is 16.3. The molecule has 0 aromatic heterocycles.